The summed E-state index contributed by atoms with van der Waals surface area (Å²) in [4.78, 5) is 11.7. The van der Waals surface area contributed by atoms with Crippen LogP contribution in [-0.4, -0.2) is 24.3 Å². The summed E-state index contributed by atoms with van der Waals surface area (Å²) in [6.07, 6.45) is 0. The topological polar surface area (TPSA) is 55.8 Å². The van der Waals surface area contributed by atoms with Crippen LogP contribution in [0.2, 0.25) is 0 Å². The third kappa shape index (κ3) is 3.99. The van der Waals surface area contributed by atoms with E-state index in [2.05, 4.69) is 13.8 Å². The van der Waals surface area contributed by atoms with Gasteiger partial charge in [0.2, 0.25) is 0 Å². The van der Waals surface area contributed by atoms with E-state index in [1.807, 2.05) is 39.0 Å². The molecule has 130 valence electrons. The van der Waals surface area contributed by atoms with Crippen molar-refractivity contribution in [1.29, 1.82) is 0 Å². The van der Waals surface area contributed by atoms with Gasteiger partial charge >= 0.3 is 5.97 Å². The number of carboxylic acid groups (broad SMARTS) is 1. The monoisotopic (exact) mass is 330 g/mol. The molecule has 0 atom stereocenters. The maximum Gasteiger partial charge on any atom is 0.339 e. The Morgan fingerprint density at radius 2 is 1.71 bits per heavy atom. The number of benzene rings is 2. The highest BCUT2D eigenvalue weighted by Gasteiger charge is 2.20. The largest absolute Gasteiger partial charge is 0.493 e. The van der Waals surface area contributed by atoms with Crippen LogP contribution in [0.25, 0.3) is 10.8 Å². The van der Waals surface area contributed by atoms with Gasteiger partial charge in [-0.15, -0.1) is 0 Å². The fraction of sp³-hybridized carbons (Fsp3) is 0.450. The van der Waals surface area contributed by atoms with Crippen molar-refractivity contribution in [3.8, 4) is 11.5 Å². The summed E-state index contributed by atoms with van der Waals surface area (Å²) < 4.78 is 11.8. The van der Waals surface area contributed by atoms with Crippen molar-refractivity contribution in [2.24, 2.45) is 11.8 Å². The molecule has 2 aromatic rings. The number of rotatable bonds is 7. The Bertz CT molecular complexity index is 732. The first-order valence-electron chi connectivity index (χ1n) is 8.36. The normalized spacial score (nSPS) is 11.3. The van der Waals surface area contributed by atoms with Gasteiger partial charge in [-0.05, 0) is 30.4 Å². The number of hydrogen-bond acceptors (Lipinski definition) is 3. The predicted octanol–water partition coefficient (Wildman–Crippen LogP) is 4.92. The summed E-state index contributed by atoms with van der Waals surface area (Å²) in [5.74, 6) is 0.682. The van der Waals surface area contributed by atoms with Gasteiger partial charge in [0.1, 0.15) is 17.1 Å². The molecule has 0 aromatic heterocycles. The molecule has 4 nitrogen and oxygen atoms in total. The lowest BCUT2D eigenvalue weighted by molar-refractivity contribution is 0.0691. The van der Waals surface area contributed by atoms with E-state index >= 15 is 0 Å². The second-order valence-corrected chi connectivity index (χ2v) is 6.96. The summed E-state index contributed by atoms with van der Waals surface area (Å²) in [7, 11) is 0. The second-order valence-electron chi connectivity index (χ2n) is 6.96. The lowest BCUT2D eigenvalue weighted by Gasteiger charge is -2.19. The first-order valence-corrected chi connectivity index (χ1v) is 8.36. The SMILES string of the molecule is Cc1cccc2c(OCC(C)C)c(C(=O)O)cc(OCC(C)C)c12. The summed E-state index contributed by atoms with van der Waals surface area (Å²) in [5, 5.41) is 11.3. The molecule has 0 fully saturated rings. The van der Waals surface area contributed by atoms with E-state index in [-0.39, 0.29) is 5.56 Å². The van der Waals surface area contributed by atoms with E-state index in [4.69, 9.17) is 9.47 Å². The van der Waals surface area contributed by atoms with E-state index in [1.54, 1.807) is 6.07 Å². The number of carboxylic acids is 1. The van der Waals surface area contributed by atoms with Crippen LogP contribution in [0.5, 0.6) is 11.5 Å². The van der Waals surface area contributed by atoms with Gasteiger partial charge in [0, 0.05) is 10.8 Å². The average molecular weight is 330 g/mol. The lowest BCUT2D eigenvalue weighted by atomic mass is 10.00. The van der Waals surface area contributed by atoms with Crippen LogP contribution in [-0.2, 0) is 0 Å². The summed E-state index contributed by atoms with van der Waals surface area (Å²) in [6, 6.07) is 7.40. The van der Waals surface area contributed by atoms with Gasteiger partial charge in [-0.25, -0.2) is 4.79 Å². The Kier molecular flexibility index (Phi) is 5.71. The smallest absolute Gasteiger partial charge is 0.339 e. The highest BCUT2D eigenvalue weighted by Crippen LogP contribution is 2.39. The van der Waals surface area contributed by atoms with Gasteiger partial charge in [0.25, 0.3) is 0 Å². The van der Waals surface area contributed by atoms with Crippen LogP contribution >= 0.6 is 0 Å². The minimum atomic E-state index is -1.01. The fourth-order valence-electron chi connectivity index (χ4n) is 2.53. The number of fused-ring (bicyclic) bond motifs is 1. The van der Waals surface area contributed by atoms with Crippen molar-refractivity contribution in [2.45, 2.75) is 34.6 Å². The van der Waals surface area contributed by atoms with Gasteiger partial charge in [-0.2, -0.15) is 0 Å². The molecule has 0 spiro atoms. The summed E-state index contributed by atoms with van der Waals surface area (Å²) in [5.41, 5.74) is 1.19. The van der Waals surface area contributed by atoms with Crippen LogP contribution in [0.3, 0.4) is 0 Å². The summed E-state index contributed by atoms with van der Waals surface area (Å²) in [6.45, 7) is 11.2. The molecule has 4 heteroatoms. The van der Waals surface area contributed by atoms with E-state index in [9.17, 15) is 9.90 Å². The molecule has 0 unspecified atom stereocenters. The Labute approximate surface area is 143 Å². The van der Waals surface area contributed by atoms with E-state index < -0.39 is 5.97 Å². The number of carbonyl (C=O) groups is 1. The van der Waals surface area contributed by atoms with Gasteiger partial charge in [0.15, 0.2) is 0 Å². The van der Waals surface area contributed by atoms with Crippen LogP contribution < -0.4 is 9.47 Å². The molecule has 2 aromatic carbocycles. The molecule has 0 amide bonds. The maximum absolute atomic E-state index is 11.7. The quantitative estimate of drug-likeness (QED) is 0.783. The number of ether oxygens (including phenoxy) is 2. The van der Waals surface area contributed by atoms with Crippen LogP contribution in [0.4, 0.5) is 0 Å². The fourth-order valence-corrected chi connectivity index (χ4v) is 2.53. The highest BCUT2D eigenvalue weighted by molar-refractivity contribution is 6.04. The van der Waals surface area contributed by atoms with Crippen LogP contribution in [0.15, 0.2) is 24.3 Å². The Hall–Kier alpha value is -2.23. The molecular formula is C20H26O4. The highest BCUT2D eigenvalue weighted by atomic mass is 16.5. The molecular weight excluding hydrogens is 304 g/mol. The molecule has 24 heavy (non-hydrogen) atoms. The zero-order valence-corrected chi connectivity index (χ0v) is 15.1. The Morgan fingerprint density at radius 3 is 2.29 bits per heavy atom. The van der Waals surface area contributed by atoms with Crippen molar-refractivity contribution in [1.82, 2.24) is 0 Å². The maximum atomic E-state index is 11.7. The molecule has 2 rings (SSSR count). The molecule has 0 radical (unpaired) electrons. The minimum Gasteiger partial charge on any atom is -0.493 e. The number of aryl methyl sites for hydroxylation is 1. The van der Waals surface area contributed by atoms with Gasteiger partial charge in [0.05, 0.1) is 13.2 Å². The Balaban J connectivity index is 2.66. The third-order valence-electron chi connectivity index (χ3n) is 3.65. The number of aromatic carboxylic acids is 1. The van der Waals surface area contributed by atoms with E-state index in [0.717, 1.165) is 16.3 Å². The standard InChI is InChI=1S/C20H26O4/c1-12(2)10-23-17-9-16(20(21)22)19(24-11-13(3)4)15-8-6-7-14(5)18(15)17/h6-9,12-13H,10-11H2,1-5H3,(H,21,22). The molecule has 0 aliphatic carbocycles. The zero-order valence-electron chi connectivity index (χ0n) is 15.1. The van der Waals surface area contributed by atoms with Gasteiger partial charge < -0.3 is 14.6 Å². The first kappa shape index (κ1) is 18.1. The van der Waals surface area contributed by atoms with Crippen molar-refractivity contribution in [3.05, 3.63) is 35.4 Å². The lowest BCUT2D eigenvalue weighted by Crippen LogP contribution is -2.11. The van der Waals surface area contributed by atoms with E-state index in [0.29, 0.717) is 36.5 Å². The van der Waals surface area contributed by atoms with Crippen LogP contribution in [0, 0.1) is 18.8 Å². The van der Waals surface area contributed by atoms with Crippen molar-refractivity contribution < 1.29 is 19.4 Å². The molecule has 0 aliphatic heterocycles. The molecule has 1 N–H and O–H groups in total. The van der Waals surface area contributed by atoms with E-state index in [1.165, 1.54) is 0 Å². The molecule has 0 bridgehead atoms. The van der Waals surface area contributed by atoms with Gasteiger partial charge in [-0.1, -0.05) is 45.9 Å². The molecule has 0 heterocycles. The molecule has 0 saturated heterocycles. The summed E-state index contributed by atoms with van der Waals surface area (Å²) >= 11 is 0. The zero-order chi connectivity index (χ0) is 17.9. The van der Waals surface area contributed by atoms with Crippen LogP contribution in [0.1, 0.15) is 43.6 Å². The predicted molar refractivity (Wildman–Crippen MR) is 96.3 cm³/mol. The van der Waals surface area contributed by atoms with Gasteiger partial charge in [-0.3, -0.25) is 0 Å². The second kappa shape index (κ2) is 7.56. The number of hydrogen-bond donors (Lipinski definition) is 1. The third-order valence-corrected chi connectivity index (χ3v) is 3.65. The molecule has 0 aliphatic rings. The average Bonchev–Trinajstić information content (AvgIpc) is 2.50. The minimum absolute atomic E-state index is 0.146. The first-order chi connectivity index (χ1) is 11.3. The van der Waals surface area contributed by atoms with Crippen molar-refractivity contribution in [3.63, 3.8) is 0 Å². The molecule has 0 saturated carbocycles. The Morgan fingerprint density at radius 1 is 1.08 bits per heavy atom. The van der Waals surface area contributed by atoms with Crippen molar-refractivity contribution in [2.75, 3.05) is 13.2 Å². The van der Waals surface area contributed by atoms with Crippen molar-refractivity contribution >= 4 is 16.7 Å².